The average Bonchev–Trinajstić information content (AvgIpc) is 3.44. The number of rotatable bonds is 6. The molecule has 31 heavy (non-hydrogen) atoms. The summed E-state index contributed by atoms with van der Waals surface area (Å²) in [6, 6.07) is 14.4. The Balaban J connectivity index is 1.45. The van der Waals surface area contributed by atoms with Gasteiger partial charge >= 0.3 is 0 Å². The number of aromatic amines is 1. The van der Waals surface area contributed by atoms with E-state index in [2.05, 4.69) is 28.5 Å². The molecule has 2 atom stereocenters. The lowest BCUT2D eigenvalue weighted by atomic mass is 10.0. The Bertz CT molecular complexity index is 1090. The van der Waals surface area contributed by atoms with E-state index in [4.69, 9.17) is 5.73 Å². The number of hydrogen-bond acceptors (Lipinski definition) is 3. The fraction of sp³-hybridized carbons (Fsp3) is 0.360. The second-order valence-corrected chi connectivity index (χ2v) is 8.36. The van der Waals surface area contributed by atoms with Gasteiger partial charge in [0.2, 0.25) is 5.91 Å². The molecule has 1 fully saturated rings. The van der Waals surface area contributed by atoms with E-state index < -0.39 is 0 Å². The van der Waals surface area contributed by atoms with E-state index in [1.54, 1.807) is 0 Å². The van der Waals surface area contributed by atoms with Crippen molar-refractivity contribution in [2.75, 3.05) is 7.05 Å². The SMILES string of the molecule is CCC(=O)N[C@H]1CC[C@@H](N(C)C(=O)c2ccc(-c3ccc4[nH]cc(CN)c4c3)cc2)C1. The Kier molecular flexibility index (Phi) is 6.09. The number of amides is 2. The van der Waals surface area contributed by atoms with Crippen LogP contribution in [0.5, 0.6) is 0 Å². The summed E-state index contributed by atoms with van der Waals surface area (Å²) in [5.41, 5.74) is 10.8. The van der Waals surface area contributed by atoms with Gasteiger partial charge in [0.05, 0.1) is 0 Å². The molecule has 1 aliphatic rings. The third kappa shape index (κ3) is 4.35. The molecule has 0 radical (unpaired) electrons. The van der Waals surface area contributed by atoms with Crippen molar-refractivity contribution in [2.45, 2.75) is 51.2 Å². The molecule has 162 valence electrons. The van der Waals surface area contributed by atoms with Crippen molar-refractivity contribution in [2.24, 2.45) is 5.73 Å². The third-order valence-electron chi connectivity index (χ3n) is 6.41. The summed E-state index contributed by atoms with van der Waals surface area (Å²) in [6.07, 6.45) is 5.08. The Morgan fingerprint density at radius 2 is 1.87 bits per heavy atom. The lowest BCUT2D eigenvalue weighted by Gasteiger charge is -2.25. The van der Waals surface area contributed by atoms with Crippen molar-refractivity contribution in [1.82, 2.24) is 15.2 Å². The van der Waals surface area contributed by atoms with Crippen molar-refractivity contribution in [3.8, 4) is 11.1 Å². The van der Waals surface area contributed by atoms with Crippen molar-refractivity contribution < 1.29 is 9.59 Å². The first-order valence-corrected chi connectivity index (χ1v) is 11.0. The largest absolute Gasteiger partial charge is 0.361 e. The summed E-state index contributed by atoms with van der Waals surface area (Å²) in [6.45, 7) is 2.35. The van der Waals surface area contributed by atoms with Gasteiger partial charge in [0.25, 0.3) is 5.91 Å². The number of nitrogens with zero attached hydrogens (tertiary/aromatic N) is 1. The number of aromatic nitrogens is 1. The highest BCUT2D eigenvalue weighted by Gasteiger charge is 2.30. The van der Waals surface area contributed by atoms with Crippen LogP contribution in [-0.4, -0.2) is 40.8 Å². The molecule has 0 spiro atoms. The summed E-state index contributed by atoms with van der Waals surface area (Å²) in [5, 5.41) is 4.18. The number of benzene rings is 2. The molecular formula is C25H30N4O2. The summed E-state index contributed by atoms with van der Waals surface area (Å²) in [7, 11) is 1.86. The zero-order valence-corrected chi connectivity index (χ0v) is 18.2. The number of carbonyl (C=O) groups excluding carboxylic acids is 2. The molecule has 4 N–H and O–H groups in total. The Labute approximate surface area is 182 Å². The molecule has 2 amide bonds. The standard InChI is InChI=1S/C25H30N4O2/c1-3-24(30)28-20-9-10-21(13-20)29(2)25(31)17-6-4-16(5-7-17)18-8-11-23-22(12-18)19(14-26)15-27-23/h4-8,11-12,15,20-21,27H,3,9-10,13-14,26H2,1-2H3,(H,28,30)/t20-,21+/m0/s1. The van der Waals surface area contributed by atoms with Crippen LogP contribution in [0.25, 0.3) is 22.0 Å². The fourth-order valence-corrected chi connectivity index (χ4v) is 4.47. The van der Waals surface area contributed by atoms with E-state index >= 15 is 0 Å². The number of carbonyl (C=O) groups is 2. The van der Waals surface area contributed by atoms with Crippen molar-refractivity contribution >= 4 is 22.7 Å². The van der Waals surface area contributed by atoms with Crippen LogP contribution in [0.1, 0.15) is 48.5 Å². The molecule has 2 aromatic carbocycles. The molecule has 0 saturated heterocycles. The summed E-state index contributed by atoms with van der Waals surface area (Å²) >= 11 is 0. The Morgan fingerprint density at radius 1 is 1.13 bits per heavy atom. The van der Waals surface area contributed by atoms with Crippen LogP contribution < -0.4 is 11.1 Å². The Morgan fingerprint density at radius 3 is 2.58 bits per heavy atom. The van der Waals surface area contributed by atoms with Gasteiger partial charge in [-0.25, -0.2) is 0 Å². The van der Waals surface area contributed by atoms with Crippen LogP contribution >= 0.6 is 0 Å². The predicted molar refractivity (Wildman–Crippen MR) is 124 cm³/mol. The van der Waals surface area contributed by atoms with Crippen LogP contribution in [0.15, 0.2) is 48.7 Å². The Hall–Kier alpha value is -3.12. The highest BCUT2D eigenvalue weighted by Crippen LogP contribution is 2.28. The van der Waals surface area contributed by atoms with Crippen molar-refractivity contribution in [3.05, 3.63) is 59.8 Å². The van der Waals surface area contributed by atoms with Crippen LogP contribution in [0.2, 0.25) is 0 Å². The maximum atomic E-state index is 13.0. The third-order valence-corrected chi connectivity index (χ3v) is 6.41. The van der Waals surface area contributed by atoms with Crippen LogP contribution in [0.4, 0.5) is 0 Å². The first-order valence-electron chi connectivity index (χ1n) is 11.0. The number of H-pyrrole nitrogens is 1. The number of nitrogens with one attached hydrogen (secondary N) is 2. The van der Waals surface area contributed by atoms with E-state index in [0.29, 0.717) is 18.5 Å². The second-order valence-electron chi connectivity index (χ2n) is 8.36. The van der Waals surface area contributed by atoms with Crippen molar-refractivity contribution in [3.63, 3.8) is 0 Å². The van der Waals surface area contributed by atoms with Crippen LogP contribution in [-0.2, 0) is 11.3 Å². The zero-order chi connectivity index (χ0) is 22.0. The first kappa shape index (κ1) is 21.1. The molecule has 1 heterocycles. The number of fused-ring (bicyclic) bond motifs is 1. The van der Waals surface area contributed by atoms with E-state index in [1.807, 2.05) is 49.3 Å². The molecule has 1 saturated carbocycles. The minimum Gasteiger partial charge on any atom is -0.361 e. The molecule has 6 heteroatoms. The molecule has 0 aliphatic heterocycles. The monoisotopic (exact) mass is 418 g/mol. The van der Waals surface area contributed by atoms with Gasteiger partial charge in [-0.1, -0.05) is 25.1 Å². The molecule has 4 rings (SSSR count). The van der Waals surface area contributed by atoms with Gasteiger partial charge in [-0.3, -0.25) is 9.59 Å². The first-order chi connectivity index (χ1) is 15.0. The van der Waals surface area contributed by atoms with Crippen LogP contribution in [0.3, 0.4) is 0 Å². The van der Waals surface area contributed by atoms with Gasteiger partial charge in [0.15, 0.2) is 0 Å². The van der Waals surface area contributed by atoms with Crippen LogP contribution in [0, 0.1) is 0 Å². The smallest absolute Gasteiger partial charge is 0.253 e. The molecule has 0 unspecified atom stereocenters. The maximum Gasteiger partial charge on any atom is 0.253 e. The fourth-order valence-electron chi connectivity index (χ4n) is 4.47. The average molecular weight is 419 g/mol. The quantitative estimate of drug-likeness (QED) is 0.568. The van der Waals surface area contributed by atoms with E-state index in [9.17, 15) is 9.59 Å². The van der Waals surface area contributed by atoms with Gasteiger partial charge in [-0.15, -0.1) is 0 Å². The van der Waals surface area contributed by atoms with Gasteiger partial charge in [-0.2, -0.15) is 0 Å². The summed E-state index contributed by atoms with van der Waals surface area (Å²) in [5.74, 6) is 0.0946. The van der Waals surface area contributed by atoms with Gasteiger partial charge in [0, 0.05) is 54.8 Å². The van der Waals surface area contributed by atoms with E-state index in [0.717, 1.165) is 46.9 Å². The van der Waals surface area contributed by atoms with E-state index in [1.165, 1.54) is 0 Å². The van der Waals surface area contributed by atoms with Crippen molar-refractivity contribution in [1.29, 1.82) is 0 Å². The highest BCUT2D eigenvalue weighted by molar-refractivity contribution is 5.95. The topological polar surface area (TPSA) is 91.2 Å². The lowest BCUT2D eigenvalue weighted by molar-refractivity contribution is -0.121. The lowest BCUT2D eigenvalue weighted by Crippen LogP contribution is -2.38. The second kappa shape index (κ2) is 8.94. The molecule has 6 nitrogen and oxygen atoms in total. The molecule has 1 aliphatic carbocycles. The summed E-state index contributed by atoms with van der Waals surface area (Å²) < 4.78 is 0. The molecular weight excluding hydrogens is 388 g/mol. The zero-order valence-electron chi connectivity index (χ0n) is 18.2. The molecule has 1 aromatic heterocycles. The molecule has 3 aromatic rings. The summed E-state index contributed by atoms with van der Waals surface area (Å²) in [4.78, 5) is 29.7. The maximum absolute atomic E-state index is 13.0. The van der Waals surface area contributed by atoms with Gasteiger partial charge in [0.1, 0.15) is 0 Å². The van der Waals surface area contributed by atoms with Gasteiger partial charge < -0.3 is 20.9 Å². The predicted octanol–water partition coefficient (Wildman–Crippen LogP) is 3.81. The number of nitrogens with two attached hydrogens (primary N) is 1. The minimum absolute atomic E-state index is 0.0190. The normalized spacial score (nSPS) is 18.3. The number of hydrogen-bond donors (Lipinski definition) is 3. The molecule has 0 bridgehead atoms. The van der Waals surface area contributed by atoms with E-state index in [-0.39, 0.29) is 23.9 Å². The van der Waals surface area contributed by atoms with Gasteiger partial charge in [-0.05, 0) is 60.2 Å². The highest BCUT2D eigenvalue weighted by atomic mass is 16.2. The minimum atomic E-state index is 0.0190.